The average Bonchev–Trinajstić information content (AvgIpc) is 3.21. The van der Waals surface area contributed by atoms with Crippen LogP contribution in [0.4, 0.5) is 0 Å². The van der Waals surface area contributed by atoms with Crippen LogP contribution in [-0.4, -0.2) is 69.8 Å². The smallest absolute Gasteiger partial charge is 0.245 e. The highest BCUT2D eigenvalue weighted by molar-refractivity contribution is 5.90. The molecule has 7 heteroatoms. The van der Waals surface area contributed by atoms with E-state index in [-0.39, 0.29) is 23.9 Å². The van der Waals surface area contributed by atoms with Crippen LogP contribution in [0.25, 0.3) is 11.0 Å². The summed E-state index contributed by atoms with van der Waals surface area (Å²) in [4.78, 5) is 39.0. The SMILES string of the molecule is CC(C)CC(C(=O)N1CCC(Cc2nc3ccccc3[nH]2)CC1)N1CCN[C@@H](CC(C)C)C1=O. The minimum atomic E-state index is -0.351. The number of rotatable bonds is 8. The number of nitrogens with one attached hydrogen (secondary N) is 2. The Kier molecular flexibility index (Phi) is 7.91. The van der Waals surface area contributed by atoms with E-state index in [2.05, 4.69) is 44.1 Å². The third-order valence-electron chi connectivity index (χ3n) is 7.23. The van der Waals surface area contributed by atoms with Crippen molar-refractivity contribution in [1.29, 1.82) is 0 Å². The van der Waals surface area contributed by atoms with E-state index in [1.165, 1.54) is 0 Å². The van der Waals surface area contributed by atoms with Gasteiger partial charge in [0.25, 0.3) is 0 Å². The first-order valence-electron chi connectivity index (χ1n) is 13.1. The van der Waals surface area contributed by atoms with Crippen molar-refractivity contribution in [3.8, 4) is 0 Å². The van der Waals surface area contributed by atoms with Gasteiger partial charge < -0.3 is 20.1 Å². The average molecular weight is 468 g/mol. The van der Waals surface area contributed by atoms with Crippen molar-refractivity contribution in [1.82, 2.24) is 25.1 Å². The summed E-state index contributed by atoms with van der Waals surface area (Å²) in [6.45, 7) is 11.4. The molecule has 0 saturated carbocycles. The number of aromatic nitrogens is 2. The van der Waals surface area contributed by atoms with Gasteiger partial charge in [-0.3, -0.25) is 9.59 Å². The van der Waals surface area contributed by atoms with Gasteiger partial charge in [-0.25, -0.2) is 4.98 Å². The highest BCUT2D eigenvalue weighted by Gasteiger charge is 2.39. The molecule has 2 aromatic rings. The molecule has 0 bridgehead atoms. The van der Waals surface area contributed by atoms with E-state index in [1.807, 2.05) is 28.0 Å². The standard InChI is InChI=1S/C27H41N5O2/c1-18(2)15-23-26(33)32(14-11-28-23)24(16-19(3)4)27(34)31-12-9-20(10-13-31)17-25-29-21-7-5-6-8-22(21)30-25/h5-8,18-20,23-24,28H,9-17H2,1-4H3,(H,29,30)/t23-,24?/m0/s1. The number of carbonyl (C=O) groups is 2. The second-order valence-electron chi connectivity index (χ2n) is 11.0. The molecule has 3 heterocycles. The van der Waals surface area contributed by atoms with Crippen molar-refractivity contribution >= 4 is 22.8 Å². The maximum absolute atomic E-state index is 13.7. The van der Waals surface area contributed by atoms with Crippen molar-refractivity contribution in [2.24, 2.45) is 17.8 Å². The summed E-state index contributed by atoms with van der Waals surface area (Å²) in [6.07, 6.45) is 4.40. The molecule has 1 aromatic heterocycles. The summed E-state index contributed by atoms with van der Waals surface area (Å²) < 4.78 is 0. The zero-order valence-corrected chi connectivity index (χ0v) is 21.2. The van der Waals surface area contributed by atoms with E-state index in [9.17, 15) is 9.59 Å². The number of hydrogen-bond acceptors (Lipinski definition) is 4. The molecule has 0 spiro atoms. The predicted molar refractivity (Wildman–Crippen MR) is 135 cm³/mol. The van der Waals surface area contributed by atoms with Gasteiger partial charge in [0.05, 0.1) is 17.1 Å². The number of H-pyrrole nitrogens is 1. The number of para-hydroxylation sites is 2. The first kappa shape index (κ1) is 24.7. The van der Waals surface area contributed by atoms with Gasteiger partial charge in [0.15, 0.2) is 0 Å². The fourth-order valence-electron chi connectivity index (χ4n) is 5.47. The highest BCUT2D eigenvalue weighted by Crippen LogP contribution is 2.25. The van der Waals surface area contributed by atoms with Crippen LogP contribution >= 0.6 is 0 Å². The number of aromatic amines is 1. The van der Waals surface area contributed by atoms with Crippen molar-refractivity contribution in [2.45, 2.75) is 71.9 Å². The molecule has 2 saturated heterocycles. The van der Waals surface area contributed by atoms with Crippen LogP contribution in [-0.2, 0) is 16.0 Å². The van der Waals surface area contributed by atoms with Crippen LogP contribution in [0.3, 0.4) is 0 Å². The first-order chi connectivity index (χ1) is 16.3. The number of benzene rings is 1. The number of fused-ring (bicyclic) bond motifs is 1. The number of piperazine rings is 1. The molecule has 2 aliphatic heterocycles. The highest BCUT2D eigenvalue weighted by atomic mass is 16.2. The zero-order chi connectivity index (χ0) is 24.2. The molecule has 1 unspecified atom stereocenters. The quantitative estimate of drug-likeness (QED) is 0.622. The van der Waals surface area contributed by atoms with Crippen LogP contribution < -0.4 is 5.32 Å². The van der Waals surface area contributed by atoms with Gasteiger partial charge in [0.2, 0.25) is 11.8 Å². The third-order valence-corrected chi connectivity index (χ3v) is 7.23. The van der Waals surface area contributed by atoms with E-state index >= 15 is 0 Å². The Labute approximate surface area is 203 Å². The van der Waals surface area contributed by atoms with E-state index in [4.69, 9.17) is 4.98 Å². The number of hydrogen-bond donors (Lipinski definition) is 2. The van der Waals surface area contributed by atoms with Crippen molar-refractivity contribution < 1.29 is 9.59 Å². The number of imidazole rings is 1. The lowest BCUT2D eigenvalue weighted by atomic mass is 9.91. The van der Waals surface area contributed by atoms with Gasteiger partial charge >= 0.3 is 0 Å². The first-order valence-corrected chi connectivity index (χ1v) is 13.1. The second-order valence-corrected chi connectivity index (χ2v) is 11.0. The molecule has 2 N–H and O–H groups in total. The Balaban J connectivity index is 1.38. The number of likely N-dealkylation sites (tertiary alicyclic amines) is 1. The van der Waals surface area contributed by atoms with Gasteiger partial charge in [0, 0.05) is 32.6 Å². The number of amides is 2. The van der Waals surface area contributed by atoms with E-state index in [0.29, 0.717) is 24.3 Å². The number of nitrogens with zero attached hydrogens (tertiary/aromatic N) is 3. The Hall–Kier alpha value is -2.41. The minimum Gasteiger partial charge on any atom is -0.342 e. The number of carbonyl (C=O) groups excluding carboxylic acids is 2. The lowest BCUT2D eigenvalue weighted by Gasteiger charge is -2.42. The van der Waals surface area contributed by atoms with Gasteiger partial charge in [-0.2, -0.15) is 0 Å². The second kappa shape index (κ2) is 10.9. The molecule has 0 aliphatic carbocycles. The molecule has 0 radical (unpaired) electrons. The molecular weight excluding hydrogens is 426 g/mol. The van der Waals surface area contributed by atoms with Gasteiger partial charge in [0.1, 0.15) is 11.9 Å². The predicted octanol–water partition coefficient (Wildman–Crippen LogP) is 3.61. The van der Waals surface area contributed by atoms with Crippen molar-refractivity contribution in [3.63, 3.8) is 0 Å². The van der Waals surface area contributed by atoms with E-state index in [0.717, 1.165) is 68.6 Å². The van der Waals surface area contributed by atoms with Gasteiger partial charge in [-0.05, 0) is 55.6 Å². The molecule has 4 rings (SSSR count). The Bertz CT molecular complexity index is 943. The Morgan fingerprint density at radius 3 is 2.50 bits per heavy atom. The molecule has 2 aliphatic rings. The molecule has 1 aromatic carbocycles. The molecule has 7 nitrogen and oxygen atoms in total. The Morgan fingerprint density at radius 1 is 1.09 bits per heavy atom. The normalized spacial score (nSPS) is 21.1. The molecular formula is C27H41N5O2. The lowest BCUT2D eigenvalue weighted by molar-refractivity contribution is -0.150. The lowest BCUT2D eigenvalue weighted by Crippen LogP contribution is -2.62. The maximum Gasteiger partial charge on any atom is 0.245 e. The fourth-order valence-corrected chi connectivity index (χ4v) is 5.47. The zero-order valence-electron chi connectivity index (χ0n) is 21.2. The molecule has 186 valence electrons. The molecule has 2 amide bonds. The van der Waals surface area contributed by atoms with Crippen molar-refractivity contribution in [2.75, 3.05) is 26.2 Å². The summed E-state index contributed by atoms with van der Waals surface area (Å²) in [5, 5.41) is 3.37. The van der Waals surface area contributed by atoms with Crippen LogP contribution in [0.5, 0.6) is 0 Å². The molecule has 2 fully saturated rings. The van der Waals surface area contributed by atoms with Crippen molar-refractivity contribution in [3.05, 3.63) is 30.1 Å². The minimum absolute atomic E-state index is 0.0960. The largest absolute Gasteiger partial charge is 0.342 e. The summed E-state index contributed by atoms with van der Waals surface area (Å²) in [6, 6.07) is 7.61. The van der Waals surface area contributed by atoms with E-state index < -0.39 is 0 Å². The summed E-state index contributed by atoms with van der Waals surface area (Å²) >= 11 is 0. The van der Waals surface area contributed by atoms with E-state index in [1.54, 1.807) is 0 Å². The fraction of sp³-hybridized carbons (Fsp3) is 0.667. The van der Waals surface area contributed by atoms with Crippen LogP contribution in [0.2, 0.25) is 0 Å². The third kappa shape index (κ3) is 5.80. The van der Waals surface area contributed by atoms with Gasteiger partial charge in [-0.1, -0.05) is 39.8 Å². The topological polar surface area (TPSA) is 81.3 Å². The summed E-state index contributed by atoms with van der Waals surface area (Å²) in [7, 11) is 0. The van der Waals surface area contributed by atoms with Crippen LogP contribution in [0.1, 0.15) is 59.2 Å². The number of piperidine rings is 1. The Morgan fingerprint density at radius 2 is 1.82 bits per heavy atom. The molecule has 34 heavy (non-hydrogen) atoms. The summed E-state index contributed by atoms with van der Waals surface area (Å²) in [5.41, 5.74) is 2.09. The van der Waals surface area contributed by atoms with Crippen LogP contribution in [0, 0.1) is 17.8 Å². The maximum atomic E-state index is 13.7. The van der Waals surface area contributed by atoms with Gasteiger partial charge in [-0.15, -0.1) is 0 Å². The molecule has 2 atom stereocenters. The summed E-state index contributed by atoms with van der Waals surface area (Å²) in [5.74, 6) is 2.57. The van der Waals surface area contributed by atoms with Crippen LogP contribution in [0.15, 0.2) is 24.3 Å². The monoisotopic (exact) mass is 467 g/mol.